The van der Waals surface area contributed by atoms with Crippen LogP contribution in [0.5, 0.6) is 5.75 Å². The second-order valence-corrected chi connectivity index (χ2v) is 4.27. The maximum absolute atomic E-state index is 11.9. The molecule has 0 aliphatic carbocycles. The highest BCUT2D eigenvalue weighted by Crippen LogP contribution is 2.35. The standard InChI is InChI=1S/C13H16N2O3/c1-8-6-9(18-2)7-10-11(8)15(5-3-4-14)13(17)12(10)16/h6-7H,3-5,14H2,1-2H3. The van der Waals surface area contributed by atoms with E-state index < -0.39 is 11.7 Å². The highest BCUT2D eigenvalue weighted by atomic mass is 16.5. The summed E-state index contributed by atoms with van der Waals surface area (Å²) in [6.45, 7) is 2.83. The van der Waals surface area contributed by atoms with Crippen molar-refractivity contribution >= 4 is 17.4 Å². The van der Waals surface area contributed by atoms with Crippen molar-refractivity contribution in [2.75, 3.05) is 25.1 Å². The van der Waals surface area contributed by atoms with Gasteiger partial charge in [-0.2, -0.15) is 0 Å². The zero-order valence-corrected chi connectivity index (χ0v) is 10.5. The predicted molar refractivity (Wildman–Crippen MR) is 68.1 cm³/mol. The van der Waals surface area contributed by atoms with E-state index in [0.29, 0.717) is 36.5 Å². The van der Waals surface area contributed by atoms with E-state index in [2.05, 4.69) is 0 Å². The lowest BCUT2D eigenvalue weighted by Gasteiger charge is -2.18. The summed E-state index contributed by atoms with van der Waals surface area (Å²) in [6.07, 6.45) is 0.671. The fraction of sp³-hybridized carbons (Fsp3) is 0.385. The minimum absolute atomic E-state index is 0.425. The van der Waals surface area contributed by atoms with Crippen molar-refractivity contribution in [1.29, 1.82) is 0 Å². The number of carbonyl (C=O) groups is 2. The molecule has 0 fully saturated rings. The van der Waals surface area contributed by atoms with Gasteiger partial charge in [0.05, 0.1) is 18.4 Å². The second-order valence-electron chi connectivity index (χ2n) is 4.27. The van der Waals surface area contributed by atoms with Crippen LogP contribution in [-0.2, 0) is 4.79 Å². The lowest BCUT2D eigenvalue weighted by atomic mass is 10.1. The zero-order chi connectivity index (χ0) is 13.3. The van der Waals surface area contributed by atoms with Gasteiger partial charge in [0.15, 0.2) is 0 Å². The van der Waals surface area contributed by atoms with Crippen LogP contribution in [0.1, 0.15) is 22.3 Å². The van der Waals surface area contributed by atoms with E-state index >= 15 is 0 Å². The van der Waals surface area contributed by atoms with Crippen LogP contribution in [0, 0.1) is 6.92 Å². The van der Waals surface area contributed by atoms with E-state index in [4.69, 9.17) is 10.5 Å². The number of methoxy groups -OCH3 is 1. The first-order valence-electron chi connectivity index (χ1n) is 5.85. The number of anilines is 1. The van der Waals surface area contributed by atoms with Crippen LogP contribution >= 0.6 is 0 Å². The zero-order valence-electron chi connectivity index (χ0n) is 10.5. The van der Waals surface area contributed by atoms with E-state index in [1.54, 1.807) is 6.07 Å². The molecule has 0 saturated carbocycles. The third kappa shape index (κ3) is 1.86. The van der Waals surface area contributed by atoms with Crippen molar-refractivity contribution in [1.82, 2.24) is 0 Å². The topological polar surface area (TPSA) is 72.6 Å². The largest absolute Gasteiger partial charge is 0.497 e. The molecule has 2 N–H and O–H groups in total. The molecule has 1 heterocycles. The normalized spacial score (nSPS) is 14.1. The molecule has 0 unspecified atom stereocenters. The number of ketones is 1. The molecule has 5 nitrogen and oxygen atoms in total. The van der Waals surface area contributed by atoms with Gasteiger partial charge in [0, 0.05) is 6.54 Å². The summed E-state index contributed by atoms with van der Waals surface area (Å²) in [7, 11) is 1.54. The summed E-state index contributed by atoms with van der Waals surface area (Å²) in [5, 5.41) is 0. The van der Waals surface area contributed by atoms with Crippen LogP contribution in [0.15, 0.2) is 12.1 Å². The number of rotatable bonds is 4. The average molecular weight is 248 g/mol. The molecule has 96 valence electrons. The van der Waals surface area contributed by atoms with Gasteiger partial charge < -0.3 is 15.4 Å². The molecule has 1 aromatic rings. The molecule has 5 heteroatoms. The number of carbonyl (C=O) groups excluding carboxylic acids is 2. The van der Waals surface area contributed by atoms with Gasteiger partial charge in [-0.25, -0.2) is 0 Å². The van der Waals surface area contributed by atoms with Gasteiger partial charge >= 0.3 is 0 Å². The molecule has 18 heavy (non-hydrogen) atoms. The van der Waals surface area contributed by atoms with Crippen LogP contribution in [0.4, 0.5) is 5.69 Å². The Hall–Kier alpha value is -1.88. The molecule has 1 aliphatic heterocycles. The predicted octanol–water partition coefficient (Wildman–Crippen LogP) is 0.882. The summed E-state index contributed by atoms with van der Waals surface area (Å²) in [5.74, 6) is -0.355. The molecule has 0 bridgehead atoms. The summed E-state index contributed by atoms with van der Waals surface area (Å²) in [5.41, 5.74) is 7.43. The molecular weight excluding hydrogens is 232 g/mol. The van der Waals surface area contributed by atoms with E-state index in [1.165, 1.54) is 12.0 Å². The van der Waals surface area contributed by atoms with E-state index in [-0.39, 0.29) is 0 Å². The van der Waals surface area contributed by atoms with E-state index in [1.807, 2.05) is 13.0 Å². The Balaban J connectivity index is 2.48. The molecule has 2 rings (SSSR count). The van der Waals surface area contributed by atoms with Crippen LogP contribution in [0.3, 0.4) is 0 Å². The van der Waals surface area contributed by atoms with Crippen LogP contribution in [-0.4, -0.2) is 31.9 Å². The molecule has 0 radical (unpaired) electrons. The maximum atomic E-state index is 11.9. The number of amides is 1. The highest BCUT2D eigenvalue weighted by molar-refractivity contribution is 6.52. The lowest BCUT2D eigenvalue weighted by Crippen LogP contribution is -2.32. The number of fused-ring (bicyclic) bond motifs is 1. The van der Waals surface area contributed by atoms with E-state index in [9.17, 15) is 9.59 Å². The first-order chi connectivity index (χ1) is 8.60. The summed E-state index contributed by atoms with van der Waals surface area (Å²) >= 11 is 0. The Morgan fingerprint density at radius 3 is 2.67 bits per heavy atom. The molecule has 1 aromatic carbocycles. The number of nitrogens with two attached hydrogens (primary N) is 1. The van der Waals surface area contributed by atoms with Crippen molar-refractivity contribution < 1.29 is 14.3 Å². The third-order valence-electron chi connectivity index (χ3n) is 3.05. The van der Waals surface area contributed by atoms with Gasteiger partial charge in [-0.15, -0.1) is 0 Å². The van der Waals surface area contributed by atoms with Crippen LogP contribution in [0.2, 0.25) is 0 Å². The number of nitrogens with zero attached hydrogens (tertiary/aromatic N) is 1. The summed E-state index contributed by atoms with van der Waals surface area (Å²) < 4.78 is 5.12. The molecule has 0 atom stereocenters. The molecule has 0 saturated heterocycles. The van der Waals surface area contributed by atoms with Crippen LogP contribution in [0.25, 0.3) is 0 Å². The SMILES string of the molecule is COc1cc(C)c2c(c1)C(=O)C(=O)N2CCCN. The monoisotopic (exact) mass is 248 g/mol. The quantitative estimate of drug-likeness (QED) is 0.803. The van der Waals surface area contributed by atoms with Crippen molar-refractivity contribution in [3.8, 4) is 5.75 Å². The second kappa shape index (κ2) is 4.78. The number of benzene rings is 1. The van der Waals surface area contributed by atoms with Gasteiger partial charge in [0.1, 0.15) is 5.75 Å². The molecular formula is C13H16N2O3. The number of hydrogen-bond donors (Lipinski definition) is 1. The van der Waals surface area contributed by atoms with E-state index in [0.717, 1.165) is 5.56 Å². The van der Waals surface area contributed by atoms with Gasteiger partial charge in [-0.1, -0.05) is 0 Å². The van der Waals surface area contributed by atoms with Crippen molar-refractivity contribution in [2.45, 2.75) is 13.3 Å². The number of ether oxygens (including phenoxy) is 1. The van der Waals surface area contributed by atoms with Gasteiger partial charge in [0.2, 0.25) is 0 Å². The minimum Gasteiger partial charge on any atom is -0.497 e. The van der Waals surface area contributed by atoms with Gasteiger partial charge in [-0.3, -0.25) is 9.59 Å². The number of hydrogen-bond acceptors (Lipinski definition) is 4. The molecule has 1 amide bonds. The third-order valence-corrected chi connectivity index (χ3v) is 3.05. The minimum atomic E-state index is -0.477. The molecule has 1 aliphatic rings. The van der Waals surface area contributed by atoms with Crippen LogP contribution < -0.4 is 15.4 Å². The fourth-order valence-electron chi connectivity index (χ4n) is 2.20. The Morgan fingerprint density at radius 1 is 1.33 bits per heavy atom. The van der Waals surface area contributed by atoms with Crippen molar-refractivity contribution in [3.05, 3.63) is 23.3 Å². The van der Waals surface area contributed by atoms with Crippen molar-refractivity contribution in [3.63, 3.8) is 0 Å². The Labute approximate surface area is 106 Å². The van der Waals surface area contributed by atoms with Gasteiger partial charge in [0.25, 0.3) is 11.7 Å². The number of aryl methyl sites for hydroxylation is 1. The number of Topliss-reactive ketones (excluding diaryl/α,β-unsaturated/α-hetero) is 1. The van der Waals surface area contributed by atoms with Crippen molar-refractivity contribution in [2.24, 2.45) is 5.73 Å². The Kier molecular flexibility index (Phi) is 3.34. The average Bonchev–Trinajstić information content (AvgIpc) is 2.61. The highest BCUT2D eigenvalue weighted by Gasteiger charge is 2.36. The maximum Gasteiger partial charge on any atom is 0.299 e. The first-order valence-corrected chi connectivity index (χ1v) is 5.85. The van der Waals surface area contributed by atoms with Gasteiger partial charge in [-0.05, 0) is 37.6 Å². The lowest BCUT2D eigenvalue weighted by molar-refractivity contribution is -0.114. The molecule has 0 spiro atoms. The molecule has 0 aromatic heterocycles. The smallest absolute Gasteiger partial charge is 0.299 e. The summed E-state index contributed by atoms with van der Waals surface area (Å²) in [6, 6.07) is 3.44. The first kappa shape index (κ1) is 12.6. The fourth-order valence-corrected chi connectivity index (χ4v) is 2.20. The summed E-state index contributed by atoms with van der Waals surface area (Å²) in [4.78, 5) is 25.3. The Bertz CT molecular complexity index is 511. The Morgan fingerprint density at radius 2 is 2.06 bits per heavy atom.